The van der Waals surface area contributed by atoms with Crippen LogP contribution in [0.4, 0.5) is 0 Å². The summed E-state index contributed by atoms with van der Waals surface area (Å²) in [6, 6.07) is 7.70. The number of amides is 1. The summed E-state index contributed by atoms with van der Waals surface area (Å²) in [4.78, 5) is 14.7. The Morgan fingerprint density at radius 3 is 2.67 bits per heavy atom. The van der Waals surface area contributed by atoms with E-state index in [0.717, 1.165) is 48.6 Å². The lowest BCUT2D eigenvalue weighted by Gasteiger charge is -2.32. The van der Waals surface area contributed by atoms with Gasteiger partial charge in [-0.05, 0) is 33.0 Å². The Morgan fingerprint density at radius 2 is 1.96 bits per heavy atom. The molecule has 1 amide bonds. The molecule has 1 heterocycles. The summed E-state index contributed by atoms with van der Waals surface area (Å²) in [5, 5.41) is 14.4. The van der Waals surface area contributed by atoms with Crippen molar-refractivity contribution in [1.29, 1.82) is 0 Å². The number of carbonyl (C=O) groups excluding carboxylic acids is 1. The predicted octanol–water partition coefficient (Wildman–Crippen LogP) is 2.92. The molecule has 5 heteroatoms. The number of rotatable bonds is 5. The van der Waals surface area contributed by atoms with Crippen LogP contribution >= 0.6 is 0 Å². The van der Waals surface area contributed by atoms with E-state index < -0.39 is 5.60 Å². The largest absolute Gasteiger partial charge is 0.451 e. The van der Waals surface area contributed by atoms with Crippen LogP contribution in [0.1, 0.15) is 48.2 Å². The third-order valence-electron chi connectivity index (χ3n) is 4.74. The van der Waals surface area contributed by atoms with Crippen molar-refractivity contribution in [2.45, 2.75) is 44.2 Å². The van der Waals surface area contributed by atoms with E-state index in [2.05, 4.69) is 5.32 Å². The van der Waals surface area contributed by atoms with Crippen LogP contribution in [0.15, 0.2) is 28.7 Å². The zero-order valence-electron chi connectivity index (χ0n) is 14.5. The number of aliphatic hydroxyl groups is 1. The number of carbonyl (C=O) groups is 1. The van der Waals surface area contributed by atoms with Crippen molar-refractivity contribution in [1.82, 2.24) is 10.2 Å². The lowest BCUT2D eigenvalue weighted by Crippen LogP contribution is -2.44. The first-order valence-electron chi connectivity index (χ1n) is 8.64. The van der Waals surface area contributed by atoms with Crippen LogP contribution in [0, 0.1) is 0 Å². The first-order chi connectivity index (χ1) is 11.5. The lowest BCUT2D eigenvalue weighted by atomic mass is 9.85. The zero-order valence-corrected chi connectivity index (χ0v) is 14.5. The molecule has 3 rings (SSSR count). The minimum Gasteiger partial charge on any atom is -0.451 e. The van der Waals surface area contributed by atoms with Crippen LogP contribution in [-0.2, 0) is 6.54 Å². The third kappa shape index (κ3) is 3.62. The van der Waals surface area contributed by atoms with E-state index >= 15 is 0 Å². The van der Waals surface area contributed by atoms with Gasteiger partial charge in [-0.2, -0.15) is 0 Å². The second-order valence-corrected chi connectivity index (χ2v) is 7.11. The molecule has 0 bridgehead atoms. The normalized spacial score (nSPS) is 17.3. The molecule has 1 fully saturated rings. The van der Waals surface area contributed by atoms with Gasteiger partial charge in [0.15, 0.2) is 5.76 Å². The number of fused-ring (bicyclic) bond motifs is 1. The minimum absolute atomic E-state index is 0.248. The maximum absolute atomic E-state index is 12.7. The summed E-state index contributed by atoms with van der Waals surface area (Å²) in [5.41, 5.74) is 0.835. The van der Waals surface area contributed by atoms with E-state index in [-0.39, 0.29) is 12.5 Å². The van der Waals surface area contributed by atoms with Crippen LogP contribution in [0.5, 0.6) is 0 Å². The maximum Gasteiger partial charge on any atom is 0.287 e. The molecular formula is C19H26N2O3. The summed E-state index contributed by atoms with van der Waals surface area (Å²) in [7, 11) is 3.93. The van der Waals surface area contributed by atoms with E-state index in [1.807, 2.05) is 43.3 Å². The summed E-state index contributed by atoms with van der Waals surface area (Å²) < 4.78 is 5.81. The highest BCUT2D eigenvalue weighted by Crippen LogP contribution is 2.29. The van der Waals surface area contributed by atoms with Crippen LogP contribution in [0.2, 0.25) is 0 Å². The Balaban J connectivity index is 1.81. The van der Waals surface area contributed by atoms with E-state index in [1.165, 1.54) is 0 Å². The highest BCUT2D eigenvalue weighted by atomic mass is 16.3. The number of hydrogen-bond acceptors (Lipinski definition) is 4. The molecule has 130 valence electrons. The van der Waals surface area contributed by atoms with Crippen molar-refractivity contribution in [3.05, 3.63) is 35.6 Å². The molecule has 2 aromatic rings. The molecule has 0 aliphatic heterocycles. The fourth-order valence-electron chi connectivity index (χ4n) is 3.47. The first kappa shape index (κ1) is 17.0. The van der Waals surface area contributed by atoms with Gasteiger partial charge in [-0.15, -0.1) is 0 Å². The van der Waals surface area contributed by atoms with Crippen molar-refractivity contribution in [2.24, 2.45) is 0 Å². The Kier molecular flexibility index (Phi) is 4.92. The lowest BCUT2D eigenvalue weighted by molar-refractivity contribution is 0.00502. The topological polar surface area (TPSA) is 65.7 Å². The highest BCUT2D eigenvalue weighted by Gasteiger charge is 2.30. The van der Waals surface area contributed by atoms with Gasteiger partial charge in [0.1, 0.15) is 5.58 Å². The Labute approximate surface area is 142 Å². The number of furan rings is 1. The summed E-state index contributed by atoms with van der Waals surface area (Å²) >= 11 is 0. The molecule has 1 aliphatic rings. The predicted molar refractivity (Wildman–Crippen MR) is 94.0 cm³/mol. The van der Waals surface area contributed by atoms with Crippen LogP contribution < -0.4 is 5.32 Å². The Bertz CT molecular complexity index is 714. The van der Waals surface area contributed by atoms with Gasteiger partial charge in [-0.1, -0.05) is 37.5 Å². The van der Waals surface area contributed by atoms with Gasteiger partial charge in [0.25, 0.3) is 5.91 Å². The molecule has 1 aromatic heterocycles. The average molecular weight is 330 g/mol. The molecule has 0 atom stereocenters. The van der Waals surface area contributed by atoms with Gasteiger partial charge >= 0.3 is 0 Å². The van der Waals surface area contributed by atoms with Gasteiger partial charge in [0.2, 0.25) is 0 Å². The second-order valence-electron chi connectivity index (χ2n) is 7.11. The fourth-order valence-corrected chi connectivity index (χ4v) is 3.47. The molecule has 0 saturated heterocycles. The van der Waals surface area contributed by atoms with Crippen molar-refractivity contribution < 1.29 is 14.3 Å². The number of nitrogens with one attached hydrogen (secondary N) is 1. The van der Waals surface area contributed by atoms with E-state index in [1.54, 1.807) is 0 Å². The molecule has 0 unspecified atom stereocenters. The molecule has 1 saturated carbocycles. The number of nitrogens with zero attached hydrogens (tertiary/aromatic N) is 1. The number of hydrogen-bond donors (Lipinski definition) is 2. The molecule has 0 spiro atoms. The SMILES string of the molecule is CN(C)Cc1c(C(=O)NCC2(O)CCCCC2)oc2ccccc12. The standard InChI is InChI=1S/C19H26N2O3/c1-21(2)12-15-14-8-4-5-9-16(14)24-17(15)18(22)20-13-19(23)10-6-3-7-11-19/h4-5,8-9,23H,3,6-7,10-13H2,1-2H3,(H,20,22). The van der Waals surface area contributed by atoms with Crippen LogP contribution in [0.25, 0.3) is 11.0 Å². The molecule has 1 aromatic carbocycles. The second kappa shape index (κ2) is 6.95. The van der Waals surface area contributed by atoms with Gasteiger partial charge in [0, 0.05) is 24.0 Å². The molecular weight excluding hydrogens is 304 g/mol. The van der Waals surface area contributed by atoms with E-state index in [9.17, 15) is 9.90 Å². The Hall–Kier alpha value is -1.85. The molecule has 0 radical (unpaired) electrons. The minimum atomic E-state index is -0.776. The number of benzene rings is 1. The van der Waals surface area contributed by atoms with E-state index in [0.29, 0.717) is 12.3 Å². The molecule has 5 nitrogen and oxygen atoms in total. The smallest absolute Gasteiger partial charge is 0.287 e. The van der Waals surface area contributed by atoms with Gasteiger partial charge in [-0.3, -0.25) is 4.79 Å². The van der Waals surface area contributed by atoms with Crippen molar-refractivity contribution >= 4 is 16.9 Å². The first-order valence-corrected chi connectivity index (χ1v) is 8.64. The van der Waals surface area contributed by atoms with Crippen LogP contribution in [-0.4, -0.2) is 42.2 Å². The van der Waals surface area contributed by atoms with Crippen molar-refractivity contribution in [3.63, 3.8) is 0 Å². The summed E-state index contributed by atoms with van der Waals surface area (Å²) in [5.74, 6) is 0.103. The fraction of sp³-hybridized carbons (Fsp3) is 0.526. The van der Waals surface area contributed by atoms with Gasteiger partial charge < -0.3 is 19.7 Å². The van der Waals surface area contributed by atoms with Crippen molar-refractivity contribution in [3.8, 4) is 0 Å². The Morgan fingerprint density at radius 1 is 1.25 bits per heavy atom. The highest BCUT2D eigenvalue weighted by molar-refractivity contribution is 5.99. The van der Waals surface area contributed by atoms with E-state index in [4.69, 9.17) is 4.42 Å². The van der Waals surface area contributed by atoms with Crippen LogP contribution in [0.3, 0.4) is 0 Å². The maximum atomic E-state index is 12.7. The molecule has 2 N–H and O–H groups in total. The number of para-hydroxylation sites is 1. The molecule has 24 heavy (non-hydrogen) atoms. The third-order valence-corrected chi connectivity index (χ3v) is 4.74. The average Bonchev–Trinajstić information content (AvgIpc) is 2.92. The monoisotopic (exact) mass is 330 g/mol. The molecule has 1 aliphatic carbocycles. The summed E-state index contributed by atoms with van der Waals surface area (Å²) in [6.07, 6.45) is 4.69. The quantitative estimate of drug-likeness (QED) is 0.885. The van der Waals surface area contributed by atoms with Crippen molar-refractivity contribution in [2.75, 3.05) is 20.6 Å². The summed E-state index contributed by atoms with van der Waals surface area (Å²) in [6.45, 7) is 0.911. The zero-order chi connectivity index (χ0) is 17.2. The van der Waals surface area contributed by atoms with Gasteiger partial charge in [-0.25, -0.2) is 0 Å². The van der Waals surface area contributed by atoms with Gasteiger partial charge in [0.05, 0.1) is 5.60 Å².